The van der Waals surface area contributed by atoms with Crippen molar-refractivity contribution in [2.75, 3.05) is 13.1 Å². The Hall–Kier alpha value is -2.44. The standard InChI is InChI=1S/C21H24FN3O2/c22-18-7-2-1-6-17(18)19-13-20(24-23-19)21(27)25-10-8-14(9-11-25)15-4-3-5-16(26)12-15/h1-7,12,14,19-20,23-24,26H,8-11,13H2. The summed E-state index contributed by atoms with van der Waals surface area (Å²) in [6, 6.07) is 13.5. The van der Waals surface area contributed by atoms with Gasteiger partial charge in [0.15, 0.2) is 0 Å². The molecule has 2 aromatic rings. The SMILES string of the molecule is O=C(C1CC(c2ccccc2F)NN1)N1CCC(c2cccc(O)c2)CC1. The van der Waals surface area contributed by atoms with Crippen molar-refractivity contribution in [1.29, 1.82) is 0 Å². The summed E-state index contributed by atoms with van der Waals surface area (Å²) in [4.78, 5) is 14.7. The number of hydrogen-bond acceptors (Lipinski definition) is 4. The molecule has 2 aliphatic heterocycles. The highest BCUT2D eigenvalue weighted by Crippen LogP contribution is 2.31. The highest BCUT2D eigenvalue weighted by Gasteiger charge is 2.35. The van der Waals surface area contributed by atoms with Crippen LogP contribution >= 0.6 is 0 Å². The second kappa shape index (κ2) is 7.66. The maximum atomic E-state index is 14.0. The Morgan fingerprint density at radius 3 is 2.59 bits per heavy atom. The topological polar surface area (TPSA) is 64.6 Å². The fraction of sp³-hybridized carbons (Fsp3) is 0.381. The molecule has 5 nitrogen and oxygen atoms in total. The van der Waals surface area contributed by atoms with Gasteiger partial charge in [-0.05, 0) is 48.9 Å². The van der Waals surface area contributed by atoms with Crippen LogP contribution in [0.2, 0.25) is 0 Å². The molecule has 1 amide bonds. The number of hydrogen-bond donors (Lipinski definition) is 3. The van der Waals surface area contributed by atoms with Gasteiger partial charge in [0.1, 0.15) is 17.6 Å². The summed E-state index contributed by atoms with van der Waals surface area (Å²) < 4.78 is 14.0. The fourth-order valence-corrected chi connectivity index (χ4v) is 4.11. The van der Waals surface area contributed by atoms with Gasteiger partial charge in [-0.25, -0.2) is 15.2 Å². The molecule has 0 aliphatic carbocycles. The Morgan fingerprint density at radius 2 is 1.85 bits per heavy atom. The van der Waals surface area contributed by atoms with Crippen LogP contribution in [0.15, 0.2) is 48.5 Å². The summed E-state index contributed by atoms with van der Waals surface area (Å²) in [5.74, 6) is 0.459. The molecule has 4 rings (SSSR count). The maximum Gasteiger partial charge on any atom is 0.241 e. The summed E-state index contributed by atoms with van der Waals surface area (Å²) >= 11 is 0. The van der Waals surface area contributed by atoms with Gasteiger partial charge in [0.2, 0.25) is 5.91 Å². The van der Waals surface area contributed by atoms with Crippen LogP contribution in [0.3, 0.4) is 0 Å². The third-order valence-corrected chi connectivity index (χ3v) is 5.63. The molecular weight excluding hydrogens is 345 g/mol. The van der Waals surface area contributed by atoms with Gasteiger partial charge in [-0.2, -0.15) is 0 Å². The van der Waals surface area contributed by atoms with Gasteiger partial charge in [0, 0.05) is 18.7 Å². The van der Waals surface area contributed by atoms with E-state index in [2.05, 4.69) is 10.9 Å². The van der Waals surface area contributed by atoms with E-state index in [0.717, 1.165) is 18.4 Å². The van der Waals surface area contributed by atoms with Crippen LogP contribution in [0, 0.1) is 5.82 Å². The highest BCUT2D eigenvalue weighted by molar-refractivity contribution is 5.82. The van der Waals surface area contributed by atoms with E-state index in [4.69, 9.17) is 0 Å². The molecule has 0 aromatic heterocycles. The van der Waals surface area contributed by atoms with Crippen molar-refractivity contribution in [2.45, 2.75) is 37.3 Å². The molecule has 2 atom stereocenters. The number of carbonyl (C=O) groups excluding carboxylic acids is 1. The van der Waals surface area contributed by atoms with Crippen LogP contribution in [0.25, 0.3) is 0 Å². The summed E-state index contributed by atoms with van der Waals surface area (Å²) in [5.41, 5.74) is 7.81. The lowest BCUT2D eigenvalue weighted by Gasteiger charge is -2.33. The molecular formula is C21H24FN3O2. The maximum absolute atomic E-state index is 14.0. The molecule has 2 heterocycles. The van der Waals surface area contributed by atoms with Gasteiger partial charge in [0.25, 0.3) is 0 Å². The van der Waals surface area contributed by atoms with E-state index in [9.17, 15) is 14.3 Å². The molecule has 0 bridgehead atoms. The molecule has 2 saturated heterocycles. The van der Waals surface area contributed by atoms with E-state index in [1.54, 1.807) is 24.3 Å². The first-order chi connectivity index (χ1) is 13.1. The van der Waals surface area contributed by atoms with E-state index >= 15 is 0 Å². The Morgan fingerprint density at radius 1 is 1.07 bits per heavy atom. The largest absolute Gasteiger partial charge is 0.508 e. The number of nitrogens with one attached hydrogen (secondary N) is 2. The monoisotopic (exact) mass is 369 g/mol. The quantitative estimate of drug-likeness (QED) is 0.779. The molecule has 2 unspecified atom stereocenters. The first kappa shape index (κ1) is 17.9. The van der Waals surface area contributed by atoms with Crippen LogP contribution in [0.1, 0.15) is 42.3 Å². The minimum Gasteiger partial charge on any atom is -0.508 e. The third kappa shape index (κ3) is 3.82. The lowest BCUT2D eigenvalue weighted by molar-refractivity contribution is -0.134. The molecule has 6 heteroatoms. The van der Waals surface area contributed by atoms with Gasteiger partial charge in [0.05, 0.1) is 6.04 Å². The van der Waals surface area contributed by atoms with Crippen LogP contribution < -0.4 is 10.9 Å². The number of rotatable bonds is 3. The van der Waals surface area contributed by atoms with Gasteiger partial charge in [-0.15, -0.1) is 0 Å². The second-order valence-corrected chi connectivity index (χ2v) is 7.35. The van der Waals surface area contributed by atoms with E-state index in [0.29, 0.717) is 31.0 Å². The minimum atomic E-state index is -0.341. The normalized spacial score (nSPS) is 23.5. The predicted molar refractivity (Wildman–Crippen MR) is 100 cm³/mol. The Bertz CT molecular complexity index is 821. The zero-order chi connectivity index (χ0) is 18.8. The third-order valence-electron chi connectivity index (χ3n) is 5.63. The number of piperidine rings is 1. The van der Waals surface area contributed by atoms with E-state index in [-0.39, 0.29) is 29.6 Å². The van der Waals surface area contributed by atoms with Gasteiger partial charge in [-0.1, -0.05) is 30.3 Å². The summed E-state index contributed by atoms with van der Waals surface area (Å²) in [7, 11) is 0. The highest BCUT2D eigenvalue weighted by atomic mass is 19.1. The first-order valence-electron chi connectivity index (χ1n) is 9.45. The zero-order valence-electron chi connectivity index (χ0n) is 15.1. The van der Waals surface area contributed by atoms with Crippen LogP contribution in [-0.2, 0) is 4.79 Å². The Balaban J connectivity index is 1.34. The molecule has 0 saturated carbocycles. The average Bonchev–Trinajstić information content (AvgIpc) is 3.18. The van der Waals surface area contributed by atoms with Crippen molar-refractivity contribution in [2.24, 2.45) is 0 Å². The fourth-order valence-electron chi connectivity index (χ4n) is 4.11. The number of hydrazine groups is 1. The number of carbonyl (C=O) groups is 1. The molecule has 142 valence electrons. The predicted octanol–water partition coefficient (Wildman–Crippen LogP) is 2.85. The van der Waals surface area contributed by atoms with Gasteiger partial charge >= 0.3 is 0 Å². The number of likely N-dealkylation sites (tertiary alicyclic amines) is 1. The van der Waals surface area contributed by atoms with Crippen molar-refractivity contribution < 1.29 is 14.3 Å². The van der Waals surface area contributed by atoms with Gasteiger partial charge < -0.3 is 10.0 Å². The number of benzene rings is 2. The first-order valence-corrected chi connectivity index (χ1v) is 9.45. The zero-order valence-corrected chi connectivity index (χ0v) is 15.1. The lowest BCUT2D eigenvalue weighted by Crippen LogP contribution is -2.48. The van der Waals surface area contributed by atoms with Crippen LogP contribution in [-0.4, -0.2) is 35.0 Å². The van der Waals surface area contributed by atoms with E-state index in [1.807, 2.05) is 23.1 Å². The molecule has 0 radical (unpaired) electrons. The van der Waals surface area contributed by atoms with E-state index in [1.165, 1.54) is 6.07 Å². The van der Waals surface area contributed by atoms with Crippen molar-refractivity contribution in [3.63, 3.8) is 0 Å². The molecule has 0 spiro atoms. The molecule has 3 N–H and O–H groups in total. The number of halogens is 1. The number of aromatic hydroxyl groups is 1. The smallest absolute Gasteiger partial charge is 0.241 e. The summed E-state index contributed by atoms with van der Waals surface area (Å²) in [5, 5.41) is 9.66. The average molecular weight is 369 g/mol. The van der Waals surface area contributed by atoms with Crippen molar-refractivity contribution in [3.05, 3.63) is 65.5 Å². The van der Waals surface area contributed by atoms with Crippen LogP contribution in [0.5, 0.6) is 5.75 Å². The van der Waals surface area contributed by atoms with Crippen molar-refractivity contribution in [3.8, 4) is 5.75 Å². The summed E-state index contributed by atoms with van der Waals surface area (Å²) in [6.07, 6.45) is 2.30. The molecule has 2 aliphatic rings. The van der Waals surface area contributed by atoms with Crippen LogP contribution in [0.4, 0.5) is 4.39 Å². The Kier molecular flexibility index (Phi) is 5.09. The number of nitrogens with zero attached hydrogens (tertiary/aromatic N) is 1. The number of phenolic OH excluding ortho intramolecular Hbond substituents is 1. The second-order valence-electron chi connectivity index (χ2n) is 7.35. The van der Waals surface area contributed by atoms with Crippen molar-refractivity contribution >= 4 is 5.91 Å². The number of amides is 1. The van der Waals surface area contributed by atoms with Gasteiger partial charge in [-0.3, -0.25) is 4.79 Å². The van der Waals surface area contributed by atoms with Crippen molar-refractivity contribution in [1.82, 2.24) is 15.8 Å². The summed E-state index contributed by atoms with van der Waals surface area (Å²) in [6.45, 7) is 1.39. The molecule has 2 aromatic carbocycles. The molecule has 2 fully saturated rings. The number of phenols is 1. The minimum absolute atomic E-state index is 0.0655. The van der Waals surface area contributed by atoms with E-state index < -0.39 is 0 Å². The Labute approximate surface area is 158 Å². The lowest BCUT2D eigenvalue weighted by atomic mass is 9.89. The molecule has 27 heavy (non-hydrogen) atoms.